The van der Waals surface area contributed by atoms with Crippen LogP contribution in [0.5, 0.6) is 0 Å². The van der Waals surface area contributed by atoms with Crippen molar-refractivity contribution in [3.05, 3.63) is 39.5 Å². The van der Waals surface area contributed by atoms with Crippen LogP contribution in [0.2, 0.25) is 5.02 Å². The Labute approximate surface area is 141 Å². The zero-order chi connectivity index (χ0) is 17.0. The Kier molecular flexibility index (Phi) is 5.84. The van der Waals surface area contributed by atoms with Gasteiger partial charge in [0.25, 0.3) is 0 Å². The van der Waals surface area contributed by atoms with E-state index in [1.54, 1.807) is 6.92 Å². The SMILES string of the molecule is CCCn1c(SC(C)C(=O)Nc2ccc(F)c(Cl)c2)n[nH]c1=O. The van der Waals surface area contributed by atoms with Crippen LogP contribution in [0.3, 0.4) is 0 Å². The van der Waals surface area contributed by atoms with E-state index in [1.165, 1.54) is 34.5 Å². The summed E-state index contributed by atoms with van der Waals surface area (Å²) >= 11 is 6.85. The van der Waals surface area contributed by atoms with E-state index in [4.69, 9.17) is 11.6 Å². The van der Waals surface area contributed by atoms with E-state index in [0.29, 0.717) is 17.4 Å². The highest BCUT2D eigenvalue weighted by Gasteiger charge is 2.19. The summed E-state index contributed by atoms with van der Waals surface area (Å²) in [7, 11) is 0. The molecule has 2 rings (SSSR count). The third-order valence-electron chi connectivity index (χ3n) is 3.01. The molecule has 0 spiro atoms. The maximum absolute atomic E-state index is 13.1. The Morgan fingerprint density at radius 2 is 2.30 bits per heavy atom. The van der Waals surface area contributed by atoms with Gasteiger partial charge in [0, 0.05) is 12.2 Å². The van der Waals surface area contributed by atoms with Crippen molar-refractivity contribution in [3.63, 3.8) is 0 Å². The lowest BCUT2D eigenvalue weighted by atomic mass is 10.3. The van der Waals surface area contributed by atoms with Crippen molar-refractivity contribution in [1.29, 1.82) is 0 Å². The number of hydrogen-bond donors (Lipinski definition) is 2. The lowest BCUT2D eigenvalue weighted by Gasteiger charge is -2.12. The maximum atomic E-state index is 13.1. The number of rotatable bonds is 6. The van der Waals surface area contributed by atoms with Crippen molar-refractivity contribution in [2.24, 2.45) is 0 Å². The van der Waals surface area contributed by atoms with Crippen LogP contribution in [0.4, 0.5) is 10.1 Å². The summed E-state index contributed by atoms with van der Waals surface area (Å²) in [5, 5.41) is 8.85. The fourth-order valence-electron chi connectivity index (χ4n) is 1.84. The molecule has 124 valence electrons. The minimum atomic E-state index is -0.549. The van der Waals surface area contributed by atoms with Gasteiger partial charge in [0.1, 0.15) is 5.82 Å². The molecule has 1 atom stereocenters. The van der Waals surface area contributed by atoms with Crippen molar-refractivity contribution in [1.82, 2.24) is 14.8 Å². The summed E-state index contributed by atoms with van der Waals surface area (Å²) in [4.78, 5) is 23.8. The van der Waals surface area contributed by atoms with Crippen LogP contribution in [0.15, 0.2) is 28.2 Å². The molecule has 1 heterocycles. The van der Waals surface area contributed by atoms with Crippen LogP contribution in [-0.2, 0) is 11.3 Å². The van der Waals surface area contributed by atoms with E-state index >= 15 is 0 Å². The van der Waals surface area contributed by atoms with Gasteiger partial charge in [-0.2, -0.15) is 0 Å². The van der Waals surface area contributed by atoms with Gasteiger partial charge >= 0.3 is 5.69 Å². The normalized spacial score (nSPS) is 12.2. The monoisotopic (exact) mass is 358 g/mol. The average Bonchev–Trinajstić information content (AvgIpc) is 2.84. The van der Waals surface area contributed by atoms with Gasteiger partial charge in [-0.3, -0.25) is 9.36 Å². The molecule has 1 amide bonds. The van der Waals surface area contributed by atoms with Crippen molar-refractivity contribution in [2.75, 3.05) is 5.32 Å². The third kappa shape index (κ3) is 4.35. The van der Waals surface area contributed by atoms with Crippen molar-refractivity contribution < 1.29 is 9.18 Å². The van der Waals surface area contributed by atoms with Crippen molar-refractivity contribution >= 4 is 35.0 Å². The Bertz CT molecular complexity index is 761. The van der Waals surface area contributed by atoms with Gasteiger partial charge in [0.15, 0.2) is 5.16 Å². The minimum Gasteiger partial charge on any atom is -0.325 e. The quantitative estimate of drug-likeness (QED) is 0.778. The number of nitrogens with zero attached hydrogens (tertiary/aromatic N) is 2. The number of thioether (sulfide) groups is 1. The van der Waals surface area contributed by atoms with Gasteiger partial charge in [-0.05, 0) is 31.5 Å². The largest absolute Gasteiger partial charge is 0.343 e. The van der Waals surface area contributed by atoms with E-state index in [-0.39, 0.29) is 16.6 Å². The Morgan fingerprint density at radius 1 is 1.57 bits per heavy atom. The highest BCUT2D eigenvalue weighted by Crippen LogP contribution is 2.23. The Hall–Kier alpha value is -1.80. The molecule has 23 heavy (non-hydrogen) atoms. The summed E-state index contributed by atoms with van der Waals surface area (Å²) in [5.74, 6) is -0.844. The molecule has 0 saturated carbocycles. The molecule has 9 heteroatoms. The van der Waals surface area contributed by atoms with Gasteiger partial charge in [-0.15, -0.1) is 5.10 Å². The number of halogens is 2. The van der Waals surface area contributed by atoms with E-state index in [0.717, 1.165) is 6.42 Å². The molecule has 1 unspecified atom stereocenters. The second-order valence-corrected chi connectivity index (χ2v) is 6.56. The molecule has 0 radical (unpaired) electrons. The average molecular weight is 359 g/mol. The standard InChI is InChI=1S/C14H16ClFN4O2S/c1-3-6-20-13(22)18-19-14(20)23-8(2)12(21)17-9-4-5-11(16)10(15)7-9/h4-5,7-8H,3,6H2,1-2H3,(H,17,21)(H,18,22). The second kappa shape index (κ2) is 7.65. The van der Waals surface area contributed by atoms with E-state index in [1.807, 2.05) is 6.92 Å². The van der Waals surface area contributed by atoms with Crippen molar-refractivity contribution in [2.45, 2.75) is 37.2 Å². The molecule has 0 aliphatic carbocycles. The summed E-state index contributed by atoms with van der Waals surface area (Å²) in [6, 6.07) is 3.95. The predicted molar refractivity (Wildman–Crippen MR) is 88.5 cm³/mol. The van der Waals surface area contributed by atoms with Crippen LogP contribution in [-0.4, -0.2) is 25.9 Å². The maximum Gasteiger partial charge on any atom is 0.343 e. The number of benzene rings is 1. The number of amides is 1. The molecule has 0 saturated heterocycles. The number of carbonyl (C=O) groups is 1. The first-order valence-electron chi connectivity index (χ1n) is 7.00. The van der Waals surface area contributed by atoms with Crippen LogP contribution in [0.1, 0.15) is 20.3 Å². The van der Waals surface area contributed by atoms with E-state index in [9.17, 15) is 14.0 Å². The summed E-state index contributed by atoms with van der Waals surface area (Å²) < 4.78 is 14.6. The fourth-order valence-corrected chi connectivity index (χ4v) is 2.91. The van der Waals surface area contributed by atoms with Gasteiger partial charge in [-0.25, -0.2) is 14.3 Å². The van der Waals surface area contributed by atoms with Crippen LogP contribution >= 0.6 is 23.4 Å². The molecular weight excluding hydrogens is 343 g/mol. The molecule has 0 aliphatic rings. The number of aromatic amines is 1. The Morgan fingerprint density at radius 3 is 2.96 bits per heavy atom. The first kappa shape index (κ1) is 17.6. The molecule has 2 aromatic rings. The van der Waals surface area contributed by atoms with Gasteiger partial charge in [-0.1, -0.05) is 30.3 Å². The zero-order valence-electron chi connectivity index (χ0n) is 12.6. The van der Waals surface area contributed by atoms with Gasteiger partial charge < -0.3 is 5.32 Å². The number of nitrogens with one attached hydrogen (secondary N) is 2. The molecule has 1 aromatic heterocycles. The highest BCUT2D eigenvalue weighted by atomic mass is 35.5. The molecule has 0 aliphatic heterocycles. The topological polar surface area (TPSA) is 79.8 Å². The fraction of sp³-hybridized carbons (Fsp3) is 0.357. The smallest absolute Gasteiger partial charge is 0.325 e. The minimum absolute atomic E-state index is 0.0628. The zero-order valence-corrected chi connectivity index (χ0v) is 14.2. The summed E-state index contributed by atoms with van der Waals surface area (Å²) in [6.07, 6.45) is 0.779. The lowest BCUT2D eigenvalue weighted by molar-refractivity contribution is -0.115. The number of H-pyrrole nitrogens is 1. The first-order valence-corrected chi connectivity index (χ1v) is 8.26. The second-order valence-electron chi connectivity index (χ2n) is 4.84. The van der Waals surface area contributed by atoms with Crippen LogP contribution < -0.4 is 11.0 Å². The highest BCUT2D eigenvalue weighted by molar-refractivity contribution is 8.00. The lowest BCUT2D eigenvalue weighted by Crippen LogP contribution is -2.24. The van der Waals surface area contributed by atoms with Crippen molar-refractivity contribution in [3.8, 4) is 0 Å². The molecule has 1 aromatic carbocycles. The number of anilines is 1. The summed E-state index contributed by atoms with van der Waals surface area (Å²) in [5.41, 5.74) is 0.106. The molecule has 0 fully saturated rings. The molecule has 0 bridgehead atoms. The van der Waals surface area contributed by atoms with Gasteiger partial charge in [0.05, 0.1) is 10.3 Å². The van der Waals surface area contributed by atoms with Crippen LogP contribution in [0.25, 0.3) is 0 Å². The van der Waals surface area contributed by atoms with Crippen LogP contribution in [0, 0.1) is 5.82 Å². The van der Waals surface area contributed by atoms with E-state index in [2.05, 4.69) is 15.5 Å². The molecule has 2 N–H and O–H groups in total. The summed E-state index contributed by atoms with van der Waals surface area (Å²) in [6.45, 7) is 4.17. The number of aromatic nitrogens is 3. The van der Waals surface area contributed by atoms with Gasteiger partial charge in [0.2, 0.25) is 5.91 Å². The molecule has 6 nitrogen and oxygen atoms in total. The number of carbonyl (C=O) groups excluding carboxylic acids is 1. The third-order valence-corrected chi connectivity index (χ3v) is 4.39. The predicted octanol–water partition coefficient (Wildman–Crippen LogP) is 2.89. The number of hydrogen-bond acceptors (Lipinski definition) is 4. The molecular formula is C14H16ClFN4O2S. The Balaban J connectivity index is 2.05. The van der Waals surface area contributed by atoms with E-state index < -0.39 is 11.1 Å². The first-order chi connectivity index (χ1) is 10.9.